The van der Waals surface area contributed by atoms with E-state index in [0.29, 0.717) is 0 Å². The summed E-state index contributed by atoms with van der Waals surface area (Å²) in [5.74, 6) is 0. The Hall–Kier alpha value is -10.4. The normalized spacial score (nSPS) is 8.20. The summed E-state index contributed by atoms with van der Waals surface area (Å²) < 4.78 is 0. The van der Waals surface area contributed by atoms with Crippen LogP contribution in [0.25, 0.3) is 53.9 Å². The van der Waals surface area contributed by atoms with Gasteiger partial charge >= 0.3 is 0 Å². The van der Waals surface area contributed by atoms with Crippen LogP contribution in [0.3, 0.4) is 0 Å². The van der Waals surface area contributed by atoms with Crippen molar-refractivity contribution in [3.8, 4) is 0 Å². The molecule has 0 aromatic heterocycles. The summed E-state index contributed by atoms with van der Waals surface area (Å²) in [6.45, 7) is 91.7. The number of fused-ring (bicyclic) bond motifs is 5. The summed E-state index contributed by atoms with van der Waals surface area (Å²) in [6, 6.07) is 116. The van der Waals surface area contributed by atoms with Crippen LogP contribution >= 0.6 is 0 Å². The highest BCUT2D eigenvalue weighted by atomic mass is 14.0. The third kappa shape index (κ3) is 68.6. The van der Waals surface area contributed by atoms with Crippen molar-refractivity contribution in [1.29, 1.82) is 0 Å². The molecule has 15 aromatic rings. The van der Waals surface area contributed by atoms with Crippen molar-refractivity contribution in [3.05, 3.63) is 417 Å². The van der Waals surface area contributed by atoms with Crippen LogP contribution in [-0.4, -0.2) is 0 Å². The van der Waals surface area contributed by atoms with E-state index >= 15 is 0 Å². The van der Waals surface area contributed by atoms with Crippen molar-refractivity contribution >= 4 is 53.9 Å². The molecule has 0 aliphatic carbocycles. The van der Waals surface area contributed by atoms with Gasteiger partial charge in [0.25, 0.3) is 0 Å². The Balaban J connectivity index is -0.000000142. The summed E-state index contributed by atoms with van der Waals surface area (Å²) in [6.07, 6.45) is 0. The van der Waals surface area contributed by atoms with Crippen LogP contribution in [0.2, 0.25) is 0 Å². The molecule has 15 aromatic carbocycles. The molecule has 0 saturated carbocycles. The van der Waals surface area contributed by atoms with E-state index in [9.17, 15) is 0 Å². The average molecular weight is 1690 g/mol. The first kappa shape index (κ1) is 135. The molecule has 0 atom stereocenters. The predicted molar refractivity (Wildman–Crippen MR) is 593 cm³/mol. The number of rotatable bonds is 0. The van der Waals surface area contributed by atoms with E-state index in [2.05, 4.69) is 438 Å². The minimum Gasteiger partial charge on any atom is -0.0683 e. The number of aryl methyl sites for hydroxylation is 15. The van der Waals surface area contributed by atoms with E-state index in [1.807, 2.05) is 208 Å². The molecule has 0 unspecified atom stereocenters. The fourth-order valence-electron chi connectivity index (χ4n) is 10.3. The highest BCUT2D eigenvalue weighted by Gasteiger charge is 1.96. The van der Waals surface area contributed by atoms with Gasteiger partial charge in [0.15, 0.2) is 0 Å². The van der Waals surface area contributed by atoms with Crippen LogP contribution in [0.15, 0.2) is 334 Å². The summed E-state index contributed by atoms with van der Waals surface area (Å²) in [4.78, 5) is 0. The minimum atomic E-state index is 1.32. The first-order valence-electron chi connectivity index (χ1n) is 48.2. The van der Waals surface area contributed by atoms with Crippen LogP contribution in [0, 0.1) is 104 Å². The van der Waals surface area contributed by atoms with Gasteiger partial charge in [-0.1, -0.05) is 591 Å². The molecular formula is C125H190. The minimum absolute atomic E-state index is 1.32. The van der Waals surface area contributed by atoms with E-state index in [4.69, 9.17) is 0 Å². The third-order valence-electron chi connectivity index (χ3n) is 16.1. The van der Waals surface area contributed by atoms with Gasteiger partial charge in [-0.15, -0.1) is 0 Å². The van der Waals surface area contributed by atoms with Crippen LogP contribution < -0.4 is 0 Å². The molecule has 0 radical (unpaired) electrons. The van der Waals surface area contributed by atoms with Gasteiger partial charge in [-0.25, -0.2) is 0 Å². The average Bonchev–Trinajstić information content (AvgIpc) is 0.371. The Morgan fingerprint density at radius 3 is 0.424 bits per heavy atom. The molecule has 125 heavy (non-hydrogen) atoms. The first-order chi connectivity index (χ1) is 60.8. The van der Waals surface area contributed by atoms with Crippen molar-refractivity contribution in [2.24, 2.45) is 0 Å². The van der Waals surface area contributed by atoms with Crippen LogP contribution in [0.5, 0.6) is 0 Å². The fourth-order valence-corrected chi connectivity index (χ4v) is 10.3. The maximum absolute atomic E-state index is 2.20. The molecule has 0 amide bonds. The lowest BCUT2D eigenvalue weighted by Gasteiger charge is -1.98. The SMILES string of the molecule is CC.CC.CC.CC.CC.CC.CC.CC.CC.CC.CC.CC.CC.CC.CC.Cc1ccc(C)cc1.Cc1ccc2ccccc2c1.Cc1ccc2ccccc2c1.Cc1ccc2ccccc2c1.Cc1cccc(C)c1.Cc1cccc(C)c1.Cc1cccc2ccccc12.Cc1cccc2ccccc12.Cc1ccccc1C.Cc1ccccc1C. The third-order valence-corrected chi connectivity index (χ3v) is 16.1. The zero-order valence-electron chi connectivity index (χ0n) is 89.3. The molecule has 0 bridgehead atoms. The Labute approximate surface area is 777 Å². The zero-order valence-corrected chi connectivity index (χ0v) is 89.3. The number of hydrogen-bond donors (Lipinski definition) is 0. The quantitative estimate of drug-likeness (QED) is 0.142. The fraction of sp³-hybridized carbons (Fsp3) is 0.360. The molecule has 0 spiro atoms. The monoisotopic (exact) mass is 1690 g/mol. The van der Waals surface area contributed by atoms with Crippen LogP contribution in [0.1, 0.15) is 291 Å². The predicted octanol–water partition coefficient (Wildman–Crippen LogP) is 42.7. The topological polar surface area (TPSA) is 0 Å². The molecule has 0 heterocycles. The van der Waals surface area contributed by atoms with Gasteiger partial charge in [0.2, 0.25) is 0 Å². The van der Waals surface area contributed by atoms with E-state index < -0.39 is 0 Å². The summed E-state index contributed by atoms with van der Waals surface area (Å²) in [5, 5.41) is 13.3. The lowest BCUT2D eigenvalue weighted by atomic mass is 10.1. The summed E-state index contributed by atoms with van der Waals surface area (Å²) >= 11 is 0. The van der Waals surface area contributed by atoms with E-state index in [0.717, 1.165) is 0 Å². The maximum Gasteiger partial charge on any atom is -0.0155 e. The van der Waals surface area contributed by atoms with Gasteiger partial charge < -0.3 is 0 Å². The van der Waals surface area contributed by atoms with Crippen LogP contribution in [-0.2, 0) is 0 Å². The van der Waals surface area contributed by atoms with Crippen molar-refractivity contribution in [1.82, 2.24) is 0 Å². The smallest absolute Gasteiger partial charge is 0.0155 e. The molecule has 0 N–H and O–H groups in total. The number of hydrogen-bond acceptors (Lipinski definition) is 0. The van der Waals surface area contributed by atoms with Gasteiger partial charge in [-0.3, -0.25) is 0 Å². The van der Waals surface area contributed by atoms with Crippen molar-refractivity contribution in [2.45, 2.75) is 312 Å². The first-order valence-corrected chi connectivity index (χ1v) is 48.2. The van der Waals surface area contributed by atoms with Gasteiger partial charge in [-0.05, 0) is 191 Å². The molecule has 0 nitrogen and oxygen atoms in total. The molecule has 0 aliphatic rings. The van der Waals surface area contributed by atoms with Gasteiger partial charge in [0.1, 0.15) is 0 Å². The van der Waals surface area contributed by atoms with E-state index in [-0.39, 0.29) is 0 Å². The van der Waals surface area contributed by atoms with E-state index in [1.54, 1.807) is 0 Å². The molecule has 0 saturated heterocycles. The van der Waals surface area contributed by atoms with Crippen molar-refractivity contribution in [3.63, 3.8) is 0 Å². The summed E-state index contributed by atoms with van der Waals surface area (Å²) in [7, 11) is 0. The Morgan fingerprint density at radius 2 is 0.240 bits per heavy atom. The Morgan fingerprint density at radius 1 is 0.0960 bits per heavy atom. The van der Waals surface area contributed by atoms with E-state index in [1.165, 1.54) is 137 Å². The van der Waals surface area contributed by atoms with Gasteiger partial charge in [0.05, 0.1) is 0 Å². The number of benzene rings is 15. The van der Waals surface area contributed by atoms with Gasteiger partial charge in [0, 0.05) is 0 Å². The molecule has 0 fully saturated rings. The maximum atomic E-state index is 2.20. The Bertz CT molecular complexity index is 4240. The van der Waals surface area contributed by atoms with Crippen molar-refractivity contribution in [2.75, 3.05) is 0 Å². The molecule has 0 aliphatic heterocycles. The van der Waals surface area contributed by atoms with Crippen LogP contribution in [0.4, 0.5) is 0 Å². The highest BCUT2D eigenvalue weighted by Crippen LogP contribution is 2.20. The second-order valence-electron chi connectivity index (χ2n) is 24.8. The lowest BCUT2D eigenvalue weighted by molar-refractivity contribution is 1.34. The Kier molecular flexibility index (Phi) is 109. The molecule has 690 valence electrons. The van der Waals surface area contributed by atoms with Gasteiger partial charge in [-0.2, -0.15) is 0 Å². The largest absolute Gasteiger partial charge is 0.0683 e. The molecule has 0 heteroatoms. The standard InChI is InChI=1S/5C11H10.5C8H10.15C2H6/c2*1-9-5-4-7-10-6-2-3-8-11(9)10;3*1-9-6-7-10-4-2-3-5-11(10)8-9;1-7-3-5-8(2)6-4-7;2*1-7-4-3-5-8(2)6-7;2*1-7-5-3-4-6-8(7)2;15*1-2/h5*2-8H,1H3;5*3-6H,1-2H3;15*1-2H3. The highest BCUT2D eigenvalue weighted by molar-refractivity contribution is 5.87. The second-order valence-corrected chi connectivity index (χ2v) is 24.8. The van der Waals surface area contributed by atoms with Crippen molar-refractivity contribution < 1.29 is 0 Å². The zero-order chi connectivity index (χ0) is 98.3. The summed E-state index contributed by atoms with van der Waals surface area (Å²) in [5.41, 5.74) is 20.2. The second kappa shape index (κ2) is 101. The molecule has 15 rings (SSSR count). The molecular weight excluding hydrogens is 1500 g/mol. The lowest BCUT2D eigenvalue weighted by Crippen LogP contribution is -1.75.